The molecule has 1 fully saturated rings. The van der Waals surface area contributed by atoms with Gasteiger partial charge in [-0.05, 0) is 18.8 Å². The summed E-state index contributed by atoms with van der Waals surface area (Å²) in [6.45, 7) is 2.24. The molecule has 1 saturated carbocycles. The van der Waals surface area contributed by atoms with E-state index < -0.39 is 0 Å². The van der Waals surface area contributed by atoms with Crippen molar-refractivity contribution in [1.82, 2.24) is 15.0 Å². The summed E-state index contributed by atoms with van der Waals surface area (Å²) in [6.07, 6.45) is 2.32. The summed E-state index contributed by atoms with van der Waals surface area (Å²) in [5, 5.41) is 3.29. The van der Waals surface area contributed by atoms with Gasteiger partial charge in [-0.25, -0.2) is 5.84 Å². The number of anilines is 3. The highest BCUT2D eigenvalue weighted by molar-refractivity contribution is 5.43. The van der Waals surface area contributed by atoms with Crippen molar-refractivity contribution in [2.45, 2.75) is 25.8 Å². The Labute approximate surface area is 101 Å². The van der Waals surface area contributed by atoms with Crippen LogP contribution in [-0.4, -0.2) is 35.1 Å². The number of aromatic nitrogens is 3. The van der Waals surface area contributed by atoms with Crippen LogP contribution in [0.3, 0.4) is 0 Å². The number of nitrogens with one attached hydrogen (secondary N) is 2. The van der Waals surface area contributed by atoms with E-state index in [1.807, 2.05) is 19.0 Å². The first-order chi connectivity index (χ1) is 8.08. The Balaban J connectivity index is 2.12. The summed E-state index contributed by atoms with van der Waals surface area (Å²) in [5.74, 6) is 7.66. The number of hydrogen-bond donors (Lipinski definition) is 3. The van der Waals surface area contributed by atoms with Crippen molar-refractivity contribution < 1.29 is 0 Å². The van der Waals surface area contributed by atoms with E-state index in [2.05, 4.69) is 32.6 Å². The predicted molar refractivity (Wildman–Crippen MR) is 67.8 cm³/mol. The van der Waals surface area contributed by atoms with Gasteiger partial charge in [-0.3, -0.25) is 5.43 Å². The number of rotatable bonds is 4. The van der Waals surface area contributed by atoms with E-state index in [1.165, 1.54) is 0 Å². The molecule has 1 aliphatic carbocycles. The molecule has 0 unspecified atom stereocenters. The Morgan fingerprint density at radius 1 is 1.18 bits per heavy atom. The van der Waals surface area contributed by atoms with Crippen molar-refractivity contribution in [1.29, 1.82) is 0 Å². The lowest BCUT2D eigenvalue weighted by Crippen LogP contribution is -2.34. The zero-order chi connectivity index (χ0) is 12.4. The van der Waals surface area contributed by atoms with E-state index in [4.69, 9.17) is 5.84 Å². The summed E-state index contributed by atoms with van der Waals surface area (Å²) in [5.41, 5.74) is 2.45. The van der Waals surface area contributed by atoms with Gasteiger partial charge in [0, 0.05) is 20.1 Å². The zero-order valence-electron chi connectivity index (χ0n) is 10.4. The lowest BCUT2D eigenvalue weighted by molar-refractivity contribution is 0.308. The van der Waals surface area contributed by atoms with Crippen LogP contribution in [0.25, 0.3) is 0 Å². The van der Waals surface area contributed by atoms with Crippen molar-refractivity contribution in [2.24, 2.45) is 11.8 Å². The van der Waals surface area contributed by atoms with Gasteiger partial charge in [0.25, 0.3) is 0 Å². The molecule has 94 valence electrons. The lowest BCUT2D eigenvalue weighted by atomic mass is 9.82. The van der Waals surface area contributed by atoms with Crippen LogP contribution in [0.2, 0.25) is 0 Å². The van der Waals surface area contributed by atoms with Gasteiger partial charge in [0.15, 0.2) is 0 Å². The normalized spacial score (nSPS) is 22.8. The fourth-order valence-corrected chi connectivity index (χ4v) is 1.90. The maximum Gasteiger partial charge on any atom is 0.243 e. The third-order valence-electron chi connectivity index (χ3n) is 2.86. The van der Waals surface area contributed by atoms with Crippen LogP contribution in [0.1, 0.15) is 19.8 Å². The molecule has 0 aliphatic heterocycles. The fraction of sp³-hybridized carbons (Fsp3) is 0.700. The molecule has 4 N–H and O–H groups in total. The third-order valence-corrected chi connectivity index (χ3v) is 2.86. The Morgan fingerprint density at radius 3 is 2.35 bits per heavy atom. The average Bonchev–Trinajstić information content (AvgIpc) is 2.26. The number of nitrogen functional groups attached to an aromatic ring is 1. The van der Waals surface area contributed by atoms with E-state index in [9.17, 15) is 0 Å². The van der Waals surface area contributed by atoms with Crippen LogP contribution in [0.4, 0.5) is 17.8 Å². The standard InChI is InChI=1S/C10H19N7/c1-6-4-7(5-6)12-8-13-9(16-11)15-10(14-8)17(2)3/h6-7H,4-5,11H2,1-3H3,(H2,12,13,14,15,16). The summed E-state index contributed by atoms with van der Waals surface area (Å²) in [7, 11) is 3.76. The molecule has 1 aromatic heterocycles. The van der Waals surface area contributed by atoms with Crippen molar-refractivity contribution in [2.75, 3.05) is 29.7 Å². The van der Waals surface area contributed by atoms with Gasteiger partial charge >= 0.3 is 0 Å². The summed E-state index contributed by atoms with van der Waals surface area (Å²) in [6, 6.07) is 0.466. The van der Waals surface area contributed by atoms with Crippen LogP contribution in [0, 0.1) is 5.92 Å². The Hall–Kier alpha value is -1.63. The Morgan fingerprint density at radius 2 is 1.82 bits per heavy atom. The molecule has 1 aliphatic rings. The molecular weight excluding hydrogens is 218 g/mol. The smallest absolute Gasteiger partial charge is 0.243 e. The highest BCUT2D eigenvalue weighted by Gasteiger charge is 2.26. The molecule has 2 rings (SSSR count). The minimum atomic E-state index is 0.374. The van der Waals surface area contributed by atoms with E-state index >= 15 is 0 Å². The van der Waals surface area contributed by atoms with Gasteiger partial charge in [0.2, 0.25) is 17.8 Å². The van der Waals surface area contributed by atoms with Crippen molar-refractivity contribution in [3.63, 3.8) is 0 Å². The van der Waals surface area contributed by atoms with E-state index in [0.29, 0.717) is 23.9 Å². The minimum absolute atomic E-state index is 0.374. The van der Waals surface area contributed by atoms with Crippen molar-refractivity contribution in [3.05, 3.63) is 0 Å². The van der Waals surface area contributed by atoms with Crippen molar-refractivity contribution in [3.8, 4) is 0 Å². The first-order valence-electron chi connectivity index (χ1n) is 5.75. The number of nitrogens with two attached hydrogens (primary N) is 1. The maximum atomic E-state index is 5.34. The van der Waals surface area contributed by atoms with Gasteiger partial charge in [0.1, 0.15) is 0 Å². The quantitative estimate of drug-likeness (QED) is 0.516. The zero-order valence-corrected chi connectivity index (χ0v) is 10.4. The molecule has 1 heterocycles. The second-order valence-electron chi connectivity index (χ2n) is 4.74. The van der Waals surface area contributed by atoms with Gasteiger partial charge in [-0.2, -0.15) is 15.0 Å². The molecule has 1 aromatic rings. The molecule has 0 atom stereocenters. The Kier molecular flexibility index (Phi) is 3.28. The highest BCUT2D eigenvalue weighted by Crippen LogP contribution is 2.28. The van der Waals surface area contributed by atoms with E-state index in [0.717, 1.165) is 18.8 Å². The highest BCUT2D eigenvalue weighted by atomic mass is 15.4. The van der Waals surface area contributed by atoms with Gasteiger partial charge < -0.3 is 10.2 Å². The predicted octanol–water partition coefficient (Wildman–Crippen LogP) is 0.434. The average molecular weight is 237 g/mol. The van der Waals surface area contributed by atoms with Gasteiger partial charge in [-0.1, -0.05) is 6.92 Å². The SMILES string of the molecule is CC1CC(Nc2nc(NN)nc(N(C)C)n2)C1. The van der Waals surface area contributed by atoms with Gasteiger partial charge in [-0.15, -0.1) is 0 Å². The summed E-state index contributed by atoms with van der Waals surface area (Å²) < 4.78 is 0. The van der Waals surface area contributed by atoms with Crippen LogP contribution in [-0.2, 0) is 0 Å². The fourth-order valence-electron chi connectivity index (χ4n) is 1.90. The maximum absolute atomic E-state index is 5.34. The molecule has 7 nitrogen and oxygen atoms in total. The number of nitrogens with zero attached hydrogens (tertiary/aromatic N) is 4. The van der Waals surface area contributed by atoms with E-state index in [-0.39, 0.29) is 0 Å². The molecule has 0 spiro atoms. The molecule has 0 bridgehead atoms. The second-order valence-corrected chi connectivity index (χ2v) is 4.74. The molecule has 0 saturated heterocycles. The molecule has 0 radical (unpaired) electrons. The monoisotopic (exact) mass is 237 g/mol. The minimum Gasteiger partial charge on any atom is -0.351 e. The lowest BCUT2D eigenvalue weighted by Gasteiger charge is -2.33. The topological polar surface area (TPSA) is 92.0 Å². The third kappa shape index (κ3) is 2.73. The molecule has 7 heteroatoms. The first kappa shape index (κ1) is 11.8. The number of hydrazine groups is 1. The summed E-state index contributed by atoms with van der Waals surface area (Å²) in [4.78, 5) is 14.5. The number of hydrogen-bond acceptors (Lipinski definition) is 7. The second kappa shape index (κ2) is 4.70. The van der Waals surface area contributed by atoms with E-state index in [1.54, 1.807) is 0 Å². The summed E-state index contributed by atoms with van der Waals surface area (Å²) >= 11 is 0. The van der Waals surface area contributed by atoms with Gasteiger partial charge in [0.05, 0.1) is 0 Å². The van der Waals surface area contributed by atoms with Crippen LogP contribution < -0.4 is 21.5 Å². The molecule has 17 heavy (non-hydrogen) atoms. The largest absolute Gasteiger partial charge is 0.351 e. The van der Waals surface area contributed by atoms with Crippen LogP contribution in [0.5, 0.6) is 0 Å². The van der Waals surface area contributed by atoms with Crippen LogP contribution in [0.15, 0.2) is 0 Å². The van der Waals surface area contributed by atoms with Crippen LogP contribution >= 0.6 is 0 Å². The molecular formula is C10H19N7. The molecule has 0 amide bonds. The first-order valence-corrected chi connectivity index (χ1v) is 5.75. The Bertz CT molecular complexity index is 386. The molecule has 0 aromatic carbocycles. The van der Waals surface area contributed by atoms with Crippen molar-refractivity contribution >= 4 is 17.8 Å².